The number of ketones is 1. The lowest BCUT2D eigenvalue weighted by atomic mass is 9.64. The highest BCUT2D eigenvalue weighted by atomic mass is 35.5. The van der Waals surface area contributed by atoms with Crippen LogP contribution in [0.15, 0.2) is 65.1 Å². The van der Waals surface area contributed by atoms with Crippen LogP contribution in [-0.2, 0) is 15.0 Å². The molecule has 0 radical (unpaired) electrons. The molecule has 1 unspecified atom stereocenters. The van der Waals surface area contributed by atoms with Crippen LogP contribution in [0.3, 0.4) is 0 Å². The van der Waals surface area contributed by atoms with Gasteiger partial charge in [0, 0.05) is 34.6 Å². The Bertz CT molecular complexity index is 1290. The second kappa shape index (κ2) is 6.88. The summed E-state index contributed by atoms with van der Waals surface area (Å²) in [5, 5.41) is 13.7. The third-order valence-electron chi connectivity index (χ3n) is 6.09. The Labute approximate surface area is 188 Å². The molecule has 1 aliphatic carbocycles. The van der Waals surface area contributed by atoms with Gasteiger partial charge < -0.3 is 11.1 Å². The number of rotatable bonds is 1. The van der Waals surface area contributed by atoms with E-state index in [1.807, 2.05) is 0 Å². The highest BCUT2D eigenvalue weighted by molar-refractivity contribution is 6.42. The molecule has 2 aromatic carbocycles. The first-order valence-electron chi connectivity index (χ1n) is 9.74. The number of nitrogens with two attached hydrogens (primary N) is 1. The van der Waals surface area contributed by atoms with Gasteiger partial charge in [0.25, 0.3) is 0 Å². The smallest absolute Gasteiger partial charge is 0.245 e. The molecule has 0 bridgehead atoms. The number of carbonyl (C=O) groups is 2. The quantitative estimate of drug-likeness (QED) is 0.670. The van der Waals surface area contributed by atoms with E-state index in [0.29, 0.717) is 57.5 Å². The first-order valence-corrected chi connectivity index (χ1v) is 10.5. The molecule has 0 fully saturated rings. The van der Waals surface area contributed by atoms with E-state index < -0.39 is 11.3 Å². The second-order valence-electron chi connectivity index (χ2n) is 7.65. The molecule has 2 heterocycles. The van der Waals surface area contributed by atoms with Crippen LogP contribution in [0.1, 0.15) is 24.8 Å². The van der Waals surface area contributed by atoms with Crippen molar-refractivity contribution in [3.63, 3.8) is 0 Å². The van der Waals surface area contributed by atoms with Gasteiger partial charge in [0.2, 0.25) is 5.91 Å². The number of carbonyl (C=O) groups excluding carboxylic acids is 2. The van der Waals surface area contributed by atoms with Gasteiger partial charge in [0.05, 0.1) is 15.6 Å². The van der Waals surface area contributed by atoms with Gasteiger partial charge in [-0.2, -0.15) is 5.26 Å². The minimum absolute atomic E-state index is 0.0232. The minimum atomic E-state index is -1.56. The lowest BCUT2D eigenvalue weighted by Crippen LogP contribution is -2.50. The fourth-order valence-electron chi connectivity index (χ4n) is 4.86. The van der Waals surface area contributed by atoms with E-state index in [-0.39, 0.29) is 17.2 Å². The molecule has 1 spiro atoms. The molecule has 6 nitrogen and oxygen atoms in total. The first kappa shape index (κ1) is 19.7. The molecule has 0 saturated heterocycles. The van der Waals surface area contributed by atoms with Gasteiger partial charge in [0.15, 0.2) is 5.78 Å². The number of halogens is 2. The van der Waals surface area contributed by atoms with Gasteiger partial charge >= 0.3 is 0 Å². The Morgan fingerprint density at radius 2 is 1.87 bits per heavy atom. The second-order valence-corrected chi connectivity index (χ2v) is 8.47. The van der Waals surface area contributed by atoms with Crippen molar-refractivity contribution in [1.29, 1.82) is 5.26 Å². The molecule has 1 atom stereocenters. The summed E-state index contributed by atoms with van der Waals surface area (Å²) in [4.78, 5) is 28.5. The highest BCUT2D eigenvalue weighted by Gasteiger charge is 2.59. The molecule has 8 heteroatoms. The zero-order valence-electron chi connectivity index (χ0n) is 16.2. The molecule has 2 aliphatic heterocycles. The number of nitriles is 1. The molecule has 31 heavy (non-hydrogen) atoms. The SMILES string of the molecule is N#CC1=C(N)N(c2ccc(Cl)c(Cl)c2)C2=C(C(=O)CCC2)C12C(=O)Nc1ccccc12. The average Bonchev–Trinajstić information content (AvgIpc) is 3.03. The van der Waals surface area contributed by atoms with Crippen molar-refractivity contribution in [1.82, 2.24) is 0 Å². The van der Waals surface area contributed by atoms with E-state index in [0.717, 1.165) is 0 Å². The summed E-state index contributed by atoms with van der Waals surface area (Å²) in [6, 6.07) is 14.2. The number of anilines is 2. The lowest BCUT2D eigenvalue weighted by Gasteiger charge is -2.43. The van der Waals surface area contributed by atoms with Gasteiger partial charge in [-0.05, 0) is 37.1 Å². The molecule has 1 amide bonds. The van der Waals surface area contributed by atoms with Crippen molar-refractivity contribution in [3.8, 4) is 6.07 Å². The largest absolute Gasteiger partial charge is 0.384 e. The predicted octanol–water partition coefficient (Wildman–Crippen LogP) is 4.40. The Balaban J connectivity index is 1.88. The number of para-hydroxylation sites is 1. The maximum absolute atomic E-state index is 13.5. The molecule has 3 aliphatic rings. The normalized spacial score (nSPS) is 22.4. The molecule has 2 aromatic rings. The van der Waals surface area contributed by atoms with Crippen LogP contribution in [0.4, 0.5) is 11.4 Å². The summed E-state index contributed by atoms with van der Waals surface area (Å²) < 4.78 is 0. The van der Waals surface area contributed by atoms with Crippen LogP contribution >= 0.6 is 23.2 Å². The minimum Gasteiger partial charge on any atom is -0.384 e. The zero-order chi connectivity index (χ0) is 21.9. The van der Waals surface area contributed by atoms with Crippen molar-refractivity contribution in [3.05, 3.63) is 80.7 Å². The molecular weight excluding hydrogens is 435 g/mol. The Morgan fingerprint density at radius 1 is 1.10 bits per heavy atom. The van der Waals surface area contributed by atoms with Crippen LogP contribution in [-0.4, -0.2) is 11.7 Å². The number of amides is 1. The molecular formula is C23H16Cl2N4O2. The Kier molecular flexibility index (Phi) is 4.37. The maximum atomic E-state index is 13.5. The molecule has 0 saturated carbocycles. The first-order chi connectivity index (χ1) is 14.9. The molecule has 5 rings (SSSR count). The summed E-state index contributed by atoms with van der Waals surface area (Å²) >= 11 is 12.3. The van der Waals surface area contributed by atoms with Crippen molar-refractivity contribution in [2.24, 2.45) is 5.73 Å². The van der Waals surface area contributed by atoms with E-state index in [2.05, 4.69) is 11.4 Å². The van der Waals surface area contributed by atoms with Crippen molar-refractivity contribution >= 4 is 46.3 Å². The fourth-order valence-corrected chi connectivity index (χ4v) is 5.16. The van der Waals surface area contributed by atoms with Crippen LogP contribution < -0.4 is 16.0 Å². The van der Waals surface area contributed by atoms with Crippen molar-refractivity contribution in [2.45, 2.75) is 24.7 Å². The number of allylic oxidation sites excluding steroid dienone is 1. The van der Waals surface area contributed by atoms with Gasteiger partial charge in [-0.15, -0.1) is 0 Å². The van der Waals surface area contributed by atoms with E-state index in [1.54, 1.807) is 47.4 Å². The van der Waals surface area contributed by atoms with Crippen molar-refractivity contribution < 1.29 is 9.59 Å². The summed E-state index contributed by atoms with van der Waals surface area (Å²) in [7, 11) is 0. The molecule has 154 valence electrons. The third-order valence-corrected chi connectivity index (χ3v) is 6.83. The van der Waals surface area contributed by atoms with Crippen LogP contribution in [0.25, 0.3) is 0 Å². The summed E-state index contributed by atoms with van der Waals surface area (Å²) in [6.45, 7) is 0. The summed E-state index contributed by atoms with van der Waals surface area (Å²) in [6.07, 6.45) is 1.44. The number of Topliss-reactive ketones (excluding diaryl/α,β-unsaturated/α-hetero) is 1. The van der Waals surface area contributed by atoms with E-state index >= 15 is 0 Å². The number of hydrogen-bond donors (Lipinski definition) is 2. The average molecular weight is 451 g/mol. The third kappa shape index (κ3) is 2.51. The maximum Gasteiger partial charge on any atom is 0.245 e. The Hall–Kier alpha value is -3.27. The molecule has 3 N–H and O–H groups in total. The van der Waals surface area contributed by atoms with E-state index in [9.17, 15) is 14.9 Å². The van der Waals surface area contributed by atoms with Gasteiger partial charge in [0.1, 0.15) is 17.3 Å². The van der Waals surface area contributed by atoms with Crippen LogP contribution in [0, 0.1) is 11.3 Å². The topological polar surface area (TPSA) is 99.2 Å². The standard InChI is InChI=1S/C23H16Cl2N4O2/c24-15-9-8-12(10-16(15)25)29-18-6-3-7-19(30)20(18)23(14(11-26)21(29)27)13-4-1-2-5-17(13)28-22(23)31/h1-2,4-5,8-10H,3,6-7,27H2,(H,28,31). The van der Waals surface area contributed by atoms with Crippen molar-refractivity contribution in [2.75, 3.05) is 10.2 Å². The number of nitrogens with one attached hydrogen (secondary N) is 1. The summed E-state index contributed by atoms with van der Waals surface area (Å²) in [5.74, 6) is -0.510. The van der Waals surface area contributed by atoms with Crippen LogP contribution in [0.2, 0.25) is 10.0 Å². The molecule has 0 aromatic heterocycles. The van der Waals surface area contributed by atoms with Gasteiger partial charge in [-0.1, -0.05) is 41.4 Å². The zero-order valence-corrected chi connectivity index (χ0v) is 17.7. The van der Waals surface area contributed by atoms with E-state index in [4.69, 9.17) is 28.9 Å². The summed E-state index contributed by atoms with van der Waals surface area (Å²) in [5.41, 5.74) is 7.65. The number of benzene rings is 2. The predicted molar refractivity (Wildman–Crippen MR) is 118 cm³/mol. The lowest BCUT2D eigenvalue weighted by molar-refractivity contribution is -0.122. The van der Waals surface area contributed by atoms with E-state index in [1.165, 1.54) is 0 Å². The highest BCUT2D eigenvalue weighted by Crippen LogP contribution is 2.55. The fraction of sp³-hybridized carbons (Fsp3) is 0.174. The number of hydrogen-bond acceptors (Lipinski definition) is 5. The van der Waals surface area contributed by atoms with Gasteiger partial charge in [-0.25, -0.2) is 0 Å². The monoisotopic (exact) mass is 450 g/mol. The van der Waals surface area contributed by atoms with Gasteiger partial charge in [-0.3, -0.25) is 14.5 Å². The number of fused-ring (bicyclic) bond motifs is 3. The number of nitrogens with zero attached hydrogens (tertiary/aromatic N) is 2. The van der Waals surface area contributed by atoms with Crippen LogP contribution in [0.5, 0.6) is 0 Å². The Morgan fingerprint density at radius 3 is 2.61 bits per heavy atom.